The zero-order chi connectivity index (χ0) is 57.1. The van der Waals surface area contributed by atoms with Crippen LogP contribution < -0.4 is 0 Å². The Hall–Kier alpha value is -3.15. The average molecular weight is 1100 g/mol. The van der Waals surface area contributed by atoms with Crippen LogP contribution in [-0.4, -0.2) is 37.2 Å². The molecule has 1 atom stereocenters. The lowest BCUT2D eigenvalue weighted by molar-refractivity contribution is -0.167. The first-order valence-electron chi connectivity index (χ1n) is 34.4. The molecule has 0 bridgehead atoms. The van der Waals surface area contributed by atoms with Crippen LogP contribution in [0.3, 0.4) is 0 Å². The first-order valence-corrected chi connectivity index (χ1v) is 34.4. The van der Waals surface area contributed by atoms with Crippen LogP contribution in [0.1, 0.15) is 355 Å². The molecule has 0 aromatic carbocycles. The molecule has 458 valence electrons. The maximum atomic E-state index is 12.9. The van der Waals surface area contributed by atoms with Crippen molar-refractivity contribution in [3.05, 3.63) is 72.9 Å². The Morgan fingerprint density at radius 3 is 0.823 bits per heavy atom. The molecule has 6 nitrogen and oxygen atoms in total. The van der Waals surface area contributed by atoms with E-state index in [0.717, 1.165) is 96.3 Å². The predicted octanol–water partition coefficient (Wildman–Crippen LogP) is 23.7. The van der Waals surface area contributed by atoms with Crippen LogP contribution in [0.4, 0.5) is 0 Å². The number of hydrogen-bond acceptors (Lipinski definition) is 6. The normalized spacial score (nSPS) is 12.5. The Labute approximate surface area is 491 Å². The second-order valence-corrected chi connectivity index (χ2v) is 23.1. The minimum atomic E-state index is -0.776. The van der Waals surface area contributed by atoms with Crippen molar-refractivity contribution in [2.75, 3.05) is 13.2 Å². The van der Waals surface area contributed by atoms with E-state index < -0.39 is 6.10 Å². The monoisotopic (exact) mass is 1100 g/mol. The molecule has 0 aliphatic rings. The molecule has 0 rings (SSSR count). The molecule has 0 fully saturated rings. The summed E-state index contributed by atoms with van der Waals surface area (Å²) < 4.78 is 16.9. The van der Waals surface area contributed by atoms with Crippen molar-refractivity contribution < 1.29 is 28.6 Å². The summed E-state index contributed by atoms with van der Waals surface area (Å²) in [5.74, 6) is -0.862. The van der Waals surface area contributed by atoms with Crippen molar-refractivity contribution in [1.29, 1.82) is 0 Å². The van der Waals surface area contributed by atoms with E-state index in [1.807, 2.05) is 0 Å². The highest BCUT2D eigenvalue weighted by molar-refractivity contribution is 5.71. The molecule has 0 spiro atoms. The summed E-state index contributed by atoms with van der Waals surface area (Å²) >= 11 is 0. The number of esters is 3. The van der Waals surface area contributed by atoms with Crippen molar-refractivity contribution in [1.82, 2.24) is 0 Å². The maximum absolute atomic E-state index is 12.9. The first kappa shape index (κ1) is 75.8. The summed E-state index contributed by atoms with van der Waals surface area (Å²) in [7, 11) is 0. The van der Waals surface area contributed by atoms with E-state index in [2.05, 4.69) is 93.7 Å². The summed E-state index contributed by atoms with van der Waals surface area (Å²) in [6.07, 6.45) is 87.9. The van der Waals surface area contributed by atoms with Crippen LogP contribution in [0.2, 0.25) is 0 Å². The molecular formula is C73H130O6. The van der Waals surface area contributed by atoms with Gasteiger partial charge in [-0.15, -0.1) is 0 Å². The second-order valence-electron chi connectivity index (χ2n) is 23.1. The van der Waals surface area contributed by atoms with Gasteiger partial charge in [-0.3, -0.25) is 14.4 Å². The van der Waals surface area contributed by atoms with Crippen LogP contribution in [-0.2, 0) is 28.6 Å². The summed E-state index contributed by atoms with van der Waals surface area (Å²) in [5.41, 5.74) is 0. The van der Waals surface area contributed by atoms with Gasteiger partial charge in [0.15, 0.2) is 6.10 Å². The molecule has 0 aliphatic heterocycles. The Kier molecular flexibility index (Phi) is 64.7. The fraction of sp³-hybridized carbons (Fsp3) is 0.795. The van der Waals surface area contributed by atoms with E-state index in [0.29, 0.717) is 19.3 Å². The molecule has 79 heavy (non-hydrogen) atoms. The van der Waals surface area contributed by atoms with Gasteiger partial charge in [0.25, 0.3) is 0 Å². The van der Waals surface area contributed by atoms with Gasteiger partial charge in [-0.25, -0.2) is 0 Å². The van der Waals surface area contributed by atoms with Gasteiger partial charge in [0, 0.05) is 19.3 Å². The highest BCUT2D eigenvalue weighted by atomic mass is 16.6. The number of unbranched alkanes of at least 4 members (excludes halogenated alkanes) is 40. The lowest BCUT2D eigenvalue weighted by Gasteiger charge is -2.18. The van der Waals surface area contributed by atoms with Crippen molar-refractivity contribution in [2.24, 2.45) is 0 Å². The van der Waals surface area contributed by atoms with Gasteiger partial charge < -0.3 is 14.2 Å². The molecule has 1 unspecified atom stereocenters. The third kappa shape index (κ3) is 65.5. The molecule has 0 aromatic heterocycles. The SMILES string of the molecule is CC/C=C\C/C=C\C/C=C\C/C=C\C/C=C\CCCCCCCCCCCCCCCCCC(=O)OCC(COC(=O)CCCCCCC/C=C\CCCC)OC(=O)CCCCCCCCCCCCCCCCCCCCC. The van der Waals surface area contributed by atoms with Gasteiger partial charge >= 0.3 is 17.9 Å². The Bertz CT molecular complexity index is 1450. The Morgan fingerprint density at radius 1 is 0.266 bits per heavy atom. The minimum absolute atomic E-state index is 0.0730. The van der Waals surface area contributed by atoms with Gasteiger partial charge in [-0.2, -0.15) is 0 Å². The highest BCUT2D eigenvalue weighted by Gasteiger charge is 2.19. The van der Waals surface area contributed by atoms with Crippen LogP contribution in [0.5, 0.6) is 0 Å². The largest absolute Gasteiger partial charge is 0.462 e. The fourth-order valence-corrected chi connectivity index (χ4v) is 10.0. The van der Waals surface area contributed by atoms with Crippen LogP contribution in [0.15, 0.2) is 72.9 Å². The van der Waals surface area contributed by atoms with Crippen molar-refractivity contribution >= 4 is 17.9 Å². The molecule has 0 amide bonds. The van der Waals surface area contributed by atoms with Gasteiger partial charge in [0.2, 0.25) is 0 Å². The van der Waals surface area contributed by atoms with E-state index in [1.54, 1.807) is 0 Å². The Morgan fingerprint density at radius 2 is 0.506 bits per heavy atom. The lowest BCUT2D eigenvalue weighted by atomic mass is 10.0. The summed E-state index contributed by atoms with van der Waals surface area (Å²) in [4.78, 5) is 38.3. The van der Waals surface area contributed by atoms with Crippen molar-refractivity contribution in [3.63, 3.8) is 0 Å². The number of allylic oxidation sites excluding steroid dienone is 12. The predicted molar refractivity (Wildman–Crippen MR) is 344 cm³/mol. The summed E-state index contributed by atoms with van der Waals surface area (Å²) in [5, 5.41) is 0. The quantitative estimate of drug-likeness (QED) is 0.0261. The topological polar surface area (TPSA) is 78.9 Å². The number of hydrogen-bond donors (Lipinski definition) is 0. The second kappa shape index (κ2) is 67.4. The average Bonchev–Trinajstić information content (AvgIpc) is 3.45. The molecule has 0 saturated heterocycles. The van der Waals surface area contributed by atoms with Gasteiger partial charge in [0.1, 0.15) is 13.2 Å². The number of ether oxygens (including phenoxy) is 3. The Balaban J connectivity index is 4.16. The molecular weight excluding hydrogens is 973 g/mol. The van der Waals surface area contributed by atoms with E-state index in [-0.39, 0.29) is 31.1 Å². The number of carbonyl (C=O) groups excluding carboxylic acids is 3. The zero-order valence-corrected chi connectivity index (χ0v) is 52.6. The maximum Gasteiger partial charge on any atom is 0.306 e. The van der Waals surface area contributed by atoms with Crippen LogP contribution in [0.25, 0.3) is 0 Å². The van der Waals surface area contributed by atoms with Crippen molar-refractivity contribution in [3.8, 4) is 0 Å². The van der Waals surface area contributed by atoms with E-state index in [1.165, 1.54) is 218 Å². The van der Waals surface area contributed by atoms with Crippen LogP contribution in [0, 0.1) is 0 Å². The van der Waals surface area contributed by atoms with E-state index in [9.17, 15) is 14.4 Å². The third-order valence-electron chi connectivity index (χ3n) is 15.2. The number of carbonyl (C=O) groups is 3. The summed E-state index contributed by atoms with van der Waals surface area (Å²) in [6.45, 7) is 6.53. The van der Waals surface area contributed by atoms with Gasteiger partial charge in [-0.05, 0) is 83.5 Å². The molecule has 6 heteroatoms. The van der Waals surface area contributed by atoms with Gasteiger partial charge in [0.05, 0.1) is 0 Å². The highest BCUT2D eigenvalue weighted by Crippen LogP contribution is 2.18. The standard InChI is InChI=1S/C73H130O6/c1-4-7-10-13-16-19-22-24-26-28-30-31-32-33-34-35-36-37-38-39-40-41-43-44-46-48-51-54-57-60-63-66-72(75)78-69-70(68-77-71(74)65-62-59-56-53-50-21-18-15-12-9-6-3)79-73(76)67-64-61-58-55-52-49-47-45-42-29-27-25-23-20-17-14-11-8-5-2/h7,10,15-16,18-19,24,26,30-31,33-34,70H,4-6,8-9,11-14,17,20-23,25,27-29,32,35-69H2,1-3H3/b10-7-,18-15-,19-16-,26-24-,31-30-,34-33-. The smallest absolute Gasteiger partial charge is 0.306 e. The first-order chi connectivity index (χ1) is 39.0. The van der Waals surface area contributed by atoms with E-state index in [4.69, 9.17) is 14.2 Å². The molecule has 0 N–H and O–H groups in total. The van der Waals surface area contributed by atoms with Crippen molar-refractivity contribution in [2.45, 2.75) is 361 Å². The molecule has 0 aromatic rings. The minimum Gasteiger partial charge on any atom is -0.462 e. The molecule has 0 heterocycles. The molecule has 0 aliphatic carbocycles. The fourth-order valence-electron chi connectivity index (χ4n) is 10.0. The third-order valence-corrected chi connectivity index (χ3v) is 15.2. The molecule has 0 radical (unpaired) electrons. The van der Waals surface area contributed by atoms with E-state index >= 15 is 0 Å². The molecule has 0 saturated carbocycles. The number of rotatable bonds is 63. The lowest BCUT2D eigenvalue weighted by Crippen LogP contribution is -2.30. The van der Waals surface area contributed by atoms with Gasteiger partial charge in [-0.1, -0.05) is 325 Å². The van der Waals surface area contributed by atoms with Crippen LogP contribution >= 0.6 is 0 Å². The zero-order valence-electron chi connectivity index (χ0n) is 52.6. The summed E-state index contributed by atoms with van der Waals surface area (Å²) in [6, 6.07) is 0.